The Labute approximate surface area is 102 Å². The molecule has 0 aromatic heterocycles. The molecule has 0 saturated carbocycles. The van der Waals surface area contributed by atoms with E-state index in [4.69, 9.17) is 32.7 Å². The number of carbonyl (C=O) groups is 1. The monoisotopic (exact) mass is 258 g/mol. The lowest BCUT2D eigenvalue weighted by atomic mass is 10.3. The molecule has 4 nitrogen and oxygen atoms in total. The molecule has 1 aromatic rings. The minimum absolute atomic E-state index is 0.0384. The van der Waals surface area contributed by atoms with Crippen LogP contribution in [-0.2, 0) is 9.53 Å². The van der Waals surface area contributed by atoms with Crippen LogP contribution in [0.25, 0.3) is 0 Å². The van der Waals surface area contributed by atoms with Crippen molar-refractivity contribution in [2.24, 2.45) is 4.99 Å². The zero-order chi connectivity index (χ0) is 11.5. The first-order chi connectivity index (χ1) is 7.66. The third kappa shape index (κ3) is 2.46. The third-order valence-electron chi connectivity index (χ3n) is 1.91. The van der Waals surface area contributed by atoms with Gasteiger partial charge in [0.25, 0.3) is 0 Å². The Morgan fingerprint density at radius 3 is 2.94 bits per heavy atom. The van der Waals surface area contributed by atoms with Crippen LogP contribution in [0.4, 0.5) is 0 Å². The lowest BCUT2D eigenvalue weighted by Gasteiger charge is -2.15. The van der Waals surface area contributed by atoms with E-state index >= 15 is 0 Å². The third-order valence-corrected chi connectivity index (χ3v) is 2.44. The van der Waals surface area contributed by atoms with E-state index in [-0.39, 0.29) is 6.61 Å². The van der Waals surface area contributed by atoms with Crippen molar-refractivity contribution in [3.63, 3.8) is 0 Å². The van der Waals surface area contributed by atoms with E-state index in [2.05, 4.69) is 11.4 Å². The van der Waals surface area contributed by atoms with Crippen LogP contribution in [0.15, 0.2) is 23.2 Å². The van der Waals surface area contributed by atoms with Crippen LogP contribution in [0.5, 0.6) is 5.75 Å². The highest BCUT2D eigenvalue weighted by Crippen LogP contribution is 2.27. The van der Waals surface area contributed by atoms with Gasteiger partial charge in [0.05, 0.1) is 5.02 Å². The Kier molecular flexibility index (Phi) is 3.31. The summed E-state index contributed by atoms with van der Waals surface area (Å²) in [5.74, 6) is 0.0273. The van der Waals surface area contributed by atoms with Gasteiger partial charge in [-0.1, -0.05) is 23.2 Å². The molecule has 1 aliphatic rings. The van der Waals surface area contributed by atoms with Crippen molar-refractivity contribution in [3.05, 3.63) is 28.2 Å². The minimum atomic E-state index is -0.744. The first-order valence-electron chi connectivity index (χ1n) is 4.40. The van der Waals surface area contributed by atoms with Gasteiger partial charge in [-0.25, -0.2) is 0 Å². The van der Waals surface area contributed by atoms with Gasteiger partial charge in [-0.15, -0.1) is 0 Å². The van der Waals surface area contributed by atoms with Crippen LogP contribution < -0.4 is 4.74 Å². The van der Waals surface area contributed by atoms with E-state index < -0.39 is 12.0 Å². The molecule has 0 bridgehead atoms. The van der Waals surface area contributed by atoms with Gasteiger partial charge in [-0.2, -0.15) is 0 Å². The van der Waals surface area contributed by atoms with E-state index in [0.29, 0.717) is 15.8 Å². The van der Waals surface area contributed by atoms with Crippen LogP contribution in [0, 0.1) is 0 Å². The normalized spacial score (nSPS) is 18.6. The Balaban J connectivity index is 1.97. The summed E-state index contributed by atoms with van der Waals surface area (Å²) in [6.45, 7) is 0.0384. The molecule has 0 aliphatic carbocycles. The number of rotatable bonds is 3. The molecular formula is C10H6Cl2NO3-. The molecule has 1 unspecified atom stereocenters. The molecule has 6 heteroatoms. The van der Waals surface area contributed by atoms with Gasteiger partial charge in [0.2, 0.25) is 0 Å². The molecule has 16 heavy (non-hydrogen) atoms. The van der Waals surface area contributed by atoms with Gasteiger partial charge in [-0.3, -0.25) is 0 Å². The van der Waals surface area contributed by atoms with Gasteiger partial charge >= 0.3 is 0 Å². The second kappa shape index (κ2) is 4.72. The molecule has 0 spiro atoms. The van der Waals surface area contributed by atoms with Crippen molar-refractivity contribution in [3.8, 4) is 5.75 Å². The van der Waals surface area contributed by atoms with Crippen LogP contribution in [0.2, 0.25) is 10.0 Å². The van der Waals surface area contributed by atoms with E-state index in [1.54, 1.807) is 18.2 Å². The molecule has 1 aliphatic heterocycles. The molecule has 1 heterocycles. The number of amides is 1. The Morgan fingerprint density at radius 2 is 2.31 bits per heavy atom. The van der Waals surface area contributed by atoms with Crippen molar-refractivity contribution < 1.29 is 14.3 Å². The highest BCUT2D eigenvalue weighted by atomic mass is 35.5. The summed E-state index contributed by atoms with van der Waals surface area (Å²) in [4.78, 5) is 14.4. The highest BCUT2D eigenvalue weighted by molar-refractivity contribution is 6.35. The summed E-state index contributed by atoms with van der Waals surface area (Å²) in [6, 6.07) is 4.82. The van der Waals surface area contributed by atoms with Gasteiger partial charge in [-0.05, 0) is 18.2 Å². The SMILES string of the molecule is O=C1N=[C-]OC1COc1ccc(Cl)cc1Cl. The molecule has 1 amide bonds. The first-order valence-corrected chi connectivity index (χ1v) is 5.15. The first kappa shape index (κ1) is 11.2. The summed E-state index contributed by atoms with van der Waals surface area (Å²) in [5.41, 5.74) is 0. The second-order valence-electron chi connectivity index (χ2n) is 3.03. The molecule has 0 N–H and O–H groups in total. The van der Waals surface area contributed by atoms with Crippen molar-refractivity contribution in [2.75, 3.05) is 6.61 Å². The van der Waals surface area contributed by atoms with Gasteiger partial charge in [0, 0.05) is 11.4 Å². The largest absolute Gasteiger partial charge is 0.574 e. The molecule has 84 valence electrons. The van der Waals surface area contributed by atoms with E-state index in [9.17, 15) is 4.79 Å². The fourth-order valence-corrected chi connectivity index (χ4v) is 1.58. The average molecular weight is 259 g/mol. The summed E-state index contributed by atoms with van der Waals surface area (Å²) in [6.07, 6.45) is 1.38. The van der Waals surface area contributed by atoms with Gasteiger partial charge < -0.3 is 19.3 Å². The smallest absolute Gasteiger partial charge is 0.138 e. The van der Waals surface area contributed by atoms with Crippen molar-refractivity contribution in [1.29, 1.82) is 0 Å². The van der Waals surface area contributed by atoms with Gasteiger partial charge in [0.1, 0.15) is 24.4 Å². The summed E-state index contributed by atoms with van der Waals surface area (Å²) >= 11 is 11.6. The maximum absolute atomic E-state index is 11.0. The molecule has 0 fully saturated rings. The van der Waals surface area contributed by atoms with Crippen molar-refractivity contribution in [2.45, 2.75) is 6.10 Å². The molecule has 0 saturated heterocycles. The predicted octanol–water partition coefficient (Wildman–Crippen LogP) is 2.20. The van der Waals surface area contributed by atoms with E-state index in [1.165, 1.54) is 0 Å². The Bertz CT molecular complexity index is 448. The summed E-state index contributed by atoms with van der Waals surface area (Å²) < 4.78 is 10.1. The fraction of sp³-hybridized carbons (Fsp3) is 0.200. The van der Waals surface area contributed by atoms with Crippen LogP contribution >= 0.6 is 23.2 Å². The lowest BCUT2D eigenvalue weighted by molar-refractivity contribution is -0.123. The van der Waals surface area contributed by atoms with Crippen molar-refractivity contribution >= 4 is 35.5 Å². The number of hydrogen-bond donors (Lipinski definition) is 0. The van der Waals surface area contributed by atoms with Crippen LogP contribution in [-0.4, -0.2) is 25.0 Å². The molecular weight excluding hydrogens is 253 g/mol. The number of hydrogen-bond acceptors (Lipinski definition) is 3. The molecule has 0 radical (unpaired) electrons. The number of benzene rings is 1. The maximum Gasteiger partial charge on any atom is 0.138 e. The number of halogens is 2. The molecule has 2 rings (SSSR count). The maximum atomic E-state index is 11.0. The summed E-state index contributed by atoms with van der Waals surface area (Å²) in [5, 5.41) is 0.894. The number of nitrogens with zero attached hydrogens (tertiary/aromatic N) is 1. The standard InChI is InChI=1S/C10H6Cl2NO3/c11-6-1-2-8(7(12)3-6)15-4-9-10(14)13-5-16-9/h1-3,9H,4H2/q-1. The minimum Gasteiger partial charge on any atom is -0.574 e. The fourth-order valence-electron chi connectivity index (χ4n) is 1.12. The Morgan fingerprint density at radius 1 is 1.50 bits per heavy atom. The van der Waals surface area contributed by atoms with Crippen LogP contribution in [0.1, 0.15) is 0 Å². The molecule has 1 atom stereocenters. The number of carbonyl (C=O) groups excluding carboxylic acids is 1. The highest BCUT2D eigenvalue weighted by Gasteiger charge is 2.14. The van der Waals surface area contributed by atoms with E-state index in [1.807, 2.05) is 0 Å². The zero-order valence-corrected chi connectivity index (χ0v) is 9.46. The van der Waals surface area contributed by atoms with Crippen LogP contribution in [0.3, 0.4) is 0 Å². The number of aliphatic imine (C=N–C) groups is 1. The van der Waals surface area contributed by atoms with Gasteiger partial charge in [0.15, 0.2) is 0 Å². The molecule has 1 aromatic carbocycles. The predicted molar refractivity (Wildman–Crippen MR) is 59.3 cm³/mol. The Hall–Kier alpha value is -1.26. The summed E-state index contributed by atoms with van der Waals surface area (Å²) in [7, 11) is 0. The topological polar surface area (TPSA) is 47.9 Å². The van der Waals surface area contributed by atoms with Crippen molar-refractivity contribution in [1.82, 2.24) is 0 Å². The lowest BCUT2D eigenvalue weighted by Crippen LogP contribution is -2.24. The zero-order valence-electron chi connectivity index (χ0n) is 7.94. The van der Waals surface area contributed by atoms with E-state index in [0.717, 1.165) is 0 Å². The quantitative estimate of drug-likeness (QED) is 0.782. The second-order valence-corrected chi connectivity index (χ2v) is 3.88. The number of ether oxygens (including phenoxy) is 2. The average Bonchev–Trinajstić information content (AvgIpc) is 2.63.